The van der Waals surface area contributed by atoms with Crippen LogP contribution in [0.3, 0.4) is 0 Å². The second-order valence-electron chi connectivity index (χ2n) is 7.12. The van der Waals surface area contributed by atoms with Crippen molar-refractivity contribution in [2.45, 2.75) is 32.5 Å². The van der Waals surface area contributed by atoms with Crippen LogP contribution >= 0.6 is 0 Å². The zero-order valence-corrected chi connectivity index (χ0v) is 18.6. The number of aliphatic hydroxyl groups is 1. The first-order valence-corrected chi connectivity index (χ1v) is 10.1. The predicted molar refractivity (Wildman–Crippen MR) is 115 cm³/mol. The van der Waals surface area contributed by atoms with E-state index in [1.54, 1.807) is 31.3 Å². The molecule has 3 amide bonds. The Hall–Kier alpha value is -2.69. The van der Waals surface area contributed by atoms with Crippen LogP contribution < -0.4 is 10.6 Å². The molecule has 0 aliphatic rings. The number of urea groups is 1. The maximum Gasteiger partial charge on any atom is 0.321 e. The Morgan fingerprint density at radius 3 is 2.42 bits per heavy atom. The minimum atomic E-state index is -0.828. The van der Waals surface area contributed by atoms with Gasteiger partial charge in [0.1, 0.15) is 0 Å². The Balaban J connectivity index is 2.37. The van der Waals surface area contributed by atoms with Gasteiger partial charge in [-0.2, -0.15) is 0 Å². The van der Waals surface area contributed by atoms with E-state index >= 15 is 0 Å². The van der Waals surface area contributed by atoms with Crippen molar-refractivity contribution < 1.29 is 33.7 Å². The van der Waals surface area contributed by atoms with E-state index in [1.807, 2.05) is 13.8 Å². The van der Waals surface area contributed by atoms with Crippen molar-refractivity contribution in [3.05, 3.63) is 29.8 Å². The van der Waals surface area contributed by atoms with E-state index in [0.717, 1.165) is 0 Å². The van der Waals surface area contributed by atoms with Gasteiger partial charge in [0.2, 0.25) is 0 Å². The van der Waals surface area contributed by atoms with Crippen LogP contribution in [0.25, 0.3) is 0 Å². The number of carbonyl (C=O) groups excluding carboxylic acids is 3. The summed E-state index contributed by atoms with van der Waals surface area (Å²) in [7, 11) is 2.84. The van der Waals surface area contributed by atoms with Gasteiger partial charge in [-0.05, 0) is 38.1 Å². The fraction of sp³-hybridized carbons (Fsp3) is 0.571. The van der Waals surface area contributed by atoms with Crippen LogP contribution in [0.4, 0.5) is 10.5 Å². The van der Waals surface area contributed by atoms with E-state index in [2.05, 4.69) is 15.4 Å². The van der Waals surface area contributed by atoms with Crippen LogP contribution in [0.5, 0.6) is 0 Å². The van der Waals surface area contributed by atoms with Crippen molar-refractivity contribution in [1.29, 1.82) is 0 Å². The lowest BCUT2D eigenvalue weighted by molar-refractivity contribution is -0.140. The van der Waals surface area contributed by atoms with Crippen molar-refractivity contribution in [1.82, 2.24) is 10.2 Å². The van der Waals surface area contributed by atoms with E-state index in [4.69, 9.17) is 9.47 Å². The second kappa shape index (κ2) is 14.3. The minimum absolute atomic E-state index is 0.0886. The number of methoxy groups -OCH3 is 1. The summed E-state index contributed by atoms with van der Waals surface area (Å²) in [6.45, 7) is 5.03. The van der Waals surface area contributed by atoms with E-state index in [-0.39, 0.29) is 38.1 Å². The van der Waals surface area contributed by atoms with Gasteiger partial charge >= 0.3 is 12.0 Å². The summed E-state index contributed by atoms with van der Waals surface area (Å²) in [6, 6.07) is 5.90. The summed E-state index contributed by atoms with van der Waals surface area (Å²) in [6.07, 6.45) is -0.616. The maximum absolute atomic E-state index is 12.3. The van der Waals surface area contributed by atoms with Gasteiger partial charge in [0.15, 0.2) is 0 Å². The molecule has 3 N–H and O–H groups in total. The number of carbonyl (C=O) groups is 3. The summed E-state index contributed by atoms with van der Waals surface area (Å²) in [5.41, 5.74) is 0.893. The van der Waals surface area contributed by atoms with Gasteiger partial charge in [-0.25, -0.2) is 4.79 Å². The summed E-state index contributed by atoms with van der Waals surface area (Å²) >= 11 is 0. The molecular weight excluding hydrogens is 406 g/mol. The summed E-state index contributed by atoms with van der Waals surface area (Å²) in [4.78, 5) is 36.7. The van der Waals surface area contributed by atoms with E-state index in [9.17, 15) is 19.5 Å². The van der Waals surface area contributed by atoms with E-state index in [1.165, 1.54) is 12.0 Å². The molecule has 174 valence electrons. The molecule has 31 heavy (non-hydrogen) atoms. The highest BCUT2D eigenvalue weighted by Crippen LogP contribution is 2.10. The summed E-state index contributed by atoms with van der Waals surface area (Å²) in [5, 5.41) is 15.3. The number of amides is 3. The second-order valence-corrected chi connectivity index (χ2v) is 7.12. The molecule has 0 fully saturated rings. The van der Waals surface area contributed by atoms with Gasteiger partial charge in [-0.1, -0.05) is 0 Å². The molecule has 0 aromatic heterocycles. The SMILES string of the molecule is COC(=O)CCNC(=O)c1ccc(NC(=O)N(C)CC(O)COCCOC(C)C)cc1. The number of rotatable bonds is 13. The highest BCUT2D eigenvalue weighted by molar-refractivity contribution is 5.95. The van der Waals surface area contributed by atoms with Crippen LogP contribution in [-0.2, 0) is 19.0 Å². The highest BCUT2D eigenvalue weighted by atomic mass is 16.5. The number of anilines is 1. The molecule has 0 radical (unpaired) electrons. The molecule has 0 bridgehead atoms. The van der Waals surface area contributed by atoms with Crippen molar-refractivity contribution in [3.8, 4) is 0 Å². The third-order valence-corrected chi connectivity index (χ3v) is 4.06. The highest BCUT2D eigenvalue weighted by Gasteiger charge is 2.14. The first-order chi connectivity index (χ1) is 14.7. The third-order valence-electron chi connectivity index (χ3n) is 4.06. The number of ether oxygens (including phenoxy) is 3. The molecule has 1 aromatic rings. The predicted octanol–water partition coefficient (Wildman–Crippen LogP) is 1.25. The van der Waals surface area contributed by atoms with Gasteiger partial charge in [-0.3, -0.25) is 9.59 Å². The normalized spacial score (nSPS) is 11.7. The molecule has 0 saturated carbocycles. The van der Waals surface area contributed by atoms with Crippen LogP contribution in [-0.4, -0.2) is 87.2 Å². The fourth-order valence-electron chi connectivity index (χ4n) is 2.42. The molecule has 1 atom stereocenters. The molecule has 0 aliphatic heterocycles. The molecule has 0 saturated heterocycles. The van der Waals surface area contributed by atoms with Gasteiger partial charge < -0.3 is 34.9 Å². The van der Waals surface area contributed by atoms with E-state index in [0.29, 0.717) is 24.5 Å². The third kappa shape index (κ3) is 11.3. The first kappa shape index (κ1) is 26.3. The van der Waals surface area contributed by atoms with Crippen molar-refractivity contribution >= 4 is 23.6 Å². The number of benzene rings is 1. The Labute approximate surface area is 182 Å². The number of likely N-dealkylation sites (N-methyl/N-ethyl adjacent to an activating group) is 1. The molecule has 0 aliphatic carbocycles. The molecule has 1 unspecified atom stereocenters. The molecule has 1 rings (SSSR count). The number of hydrogen-bond donors (Lipinski definition) is 3. The molecular formula is C21H33N3O7. The summed E-state index contributed by atoms with van der Waals surface area (Å²) in [5.74, 6) is -0.736. The smallest absolute Gasteiger partial charge is 0.321 e. The topological polar surface area (TPSA) is 126 Å². The number of nitrogens with zero attached hydrogens (tertiary/aromatic N) is 1. The standard InChI is InChI=1S/C21H33N3O7/c1-15(2)31-12-11-30-14-18(25)13-24(3)21(28)23-17-7-5-16(6-8-17)20(27)22-10-9-19(26)29-4/h5-8,15,18,25H,9-14H2,1-4H3,(H,22,27)(H,23,28). The van der Waals surface area contributed by atoms with Gasteiger partial charge in [0, 0.05) is 24.8 Å². The van der Waals surface area contributed by atoms with E-state index < -0.39 is 18.1 Å². The molecule has 10 nitrogen and oxygen atoms in total. The molecule has 0 heterocycles. The Morgan fingerprint density at radius 1 is 1.13 bits per heavy atom. The maximum atomic E-state index is 12.3. The van der Waals surface area contributed by atoms with Crippen molar-refractivity contribution in [2.75, 3.05) is 52.4 Å². The van der Waals surface area contributed by atoms with Crippen LogP contribution in [0.1, 0.15) is 30.6 Å². The fourth-order valence-corrected chi connectivity index (χ4v) is 2.42. The quantitative estimate of drug-likeness (QED) is 0.312. The lowest BCUT2D eigenvalue weighted by Crippen LogP contribution is -2.39. The molecule has 0 spiro atoms. The number of nitrogens with one attached hydrogen (secondary N) is 2. The Morgan fingerprint density at radius 2 is 1.81 bits per heavy atom. The molecule has 10 heteroatoms. The average Bonchev–Trinajstić information content (AvgIpc) is 2.73. The lowest BCUT2D eigenvalue weighted by atomic mass is 10.2. The van der Waals surface area contributed by atoms with Crippen LogP contribution in [0, 0.1) is 0 Å². The zero-order valence-electron chi connectivity index (χ0n) is 18.6. The summed E-state index contributed by atoms with van der Waals surface area (Å²) < 4.78 is 15.2. The molecule has 1 aromatic carbocycles. The van der Waals surface area contributed by atoms with Crippen molar-refractivity contribution in [3.63, 3.8) is 0 Å². The van der Waals surface area contributed by atoms with Gasteiger partial charge in [-0.15, -0.1) is 0 Å². The lowest BCUT2D eigenvalue weighted by Gasteiger charge is -2.21. The van der Waals surface area contributed by atoms with Gasteiger partial charge in [0.25, 0.3) is 5.91 Å². The van der Waals surface area contributed by atoms with Crippen LogP contribution in [0.2, 0.25) is 0 Å². The van der Waals surface area contributed by atoms with Crippen molar-refractivity contribution in [2.24, 2.45) is 0 Å². The zero-order chi connectivity index (χ0) is 23.2. The van der Waals surface area contributed by atoms with Gasteiger partial charge in [0.05, 0.1) is 52.1 Å². The minimum Gasteiger partial charge on any atom is -0.469 e. The Kier molecular flexibility index (Phi) is 12.2. The number of esters is 1. The first-order valence-electron chi connectivity index (χ1n) is 10.1. The number of aliphatic hydroxyl groups excluding tert-OH is 1. The van der Waals surface area contributed by atoms with Crippen LogP contribution in [0.15, 0.2) is 24.3 Å². The Bertz CT molecular complexity index is 695. The number of hydrogen-bond acceptors (Lipinski definition) is 7. The largest absolute Gasteiger partial charge is 0.469 e. The average molecular weight is 440 g/mol. The monoisotopic (exact) mass is 439 g/mol.